The molecule has 5 heteroatoms. The van der Waals surface area contributed by atoms with Gasteiger partial charge in [-0.15, -0.1) is 0 Å². The van der Waals surface area contributed by atoms with Crippen LogP contribution in [-0.4, -0.2) is 37.2 Å². The molecule has 0 amide bonds. The van der Waals surface area contributed by atoms with Crippen molar-refractivity contribution in [3.8, 4) is 0 Å². The summed E-state index contributed by atoms with van der Waals surface area (Å²) in [7, 11) is -1.54. The zero-order chi connectivity index (χ0) is 14.6. The Morgan fingerprint density at radius 2 is 1.95 bits per heavy atom. The predicted molar refractivity (Wildman–Crippen MR) is 80.1 cm³/mol. The van der Waals surface area contributed by atoms with Crippen molar-refractivity contribution in [1.29, 1.82) is 0 Å². The summed E-state index contributed by atoms with van der Waals surface area (Å²) in [6.07, 6.45) is 3.53. The lowest BCUT2D eigenvalue weighted by molar-refractivity contribution is 0.216. The molecule has 3 saturated carbocycles. The van der Waals surface area contributed by atoms with Crippen molar-refractivity contribution in [3.05, 3.63) is 35.9 Å². The third-order valence-corrected chi connectivity index (χ3v) is 7.70. The molecule has 0 spiro atoms. The molecule has 1 aromatic carbocycles. The lowest BCUT2D eigenvalue weighted by Crippen LogP contribution is -2.49. The smallest absolute Gasteiger partial charge is 0.217 e. The topological polar surface area (TPSA) is 49.9 Å². The van der Waals surface area contributed by atoms with Crippen LogP contribution in [0.1, 0.15) is 24.8 Å². The maximum Gasteiger partial charge on any atom is 0.217 e. The fourth-order valence-electron chi connectivity index (χ4n) is 4.22. The molecule has 4 fully saturated rings. The van der Waals surface area contributed by atoms with Crippen LogP contribution in [0, 0.1) is 11.8 Å². The minimum absolute atomic E-state index is 0.211. The Morgan fingerprint density at radius 1 is 1.19 bits per heavy atom. The number of hydrogen-bond donors (Lipinski definition) is 0. The van der Waals surface area contributed by atoms with Crippen molar-refractivity contribution in [1.82, 2.24) is 4.31 Å². The van der Waals surface area contributed by atoms with Crippen LogP contribution < -0.4 is 0 Å². The maximum atomic E-state index is 12.9. The average Bonchev–Trinajstić information content (AvgIpc) is 3.30. The van der Waals surface area contributed by atoms with Gasteiger partial charge in [-0.25, -0.2) is 12.7 Å². The first kappa shape index (κ1) is 13.7. The van der Waals surface area contributed by atoms with Crippen molar-refractivity contribution in [2.45, 2.75) is 43.3 Å². The molecule has 114 valence electrons. The molecule has 5 atom stereocenters. The van der Waals surface area contributed by atoms with E-state index in [1.54, 1.807) is 7.05 Å². The Hall–Kier alpha value is -0.910. The molecule has 4 nitrogen and oxygen atoms in total. The first-order chi connectivity index (χ1) is 10.1. The van der Waals surface area contributed by atoms with E-state index in [0.29, 0.717) is 18.6 Å². The minimum Gasteiger partial charge on any atom is -0.369 e. The Labute approximate surface area is 126 Å². The molecule has 4 aliphatic rings. The summed E-state index contributed by atoms with van der Waals surface area (Å²) in [5, 5.41) is -0.242. The number of hydrogen-bond acceptors (Lipinski definition) is 3. The Morgan fingerprint density at radius 3 is 2.67 bits per heavy atom. The van der Waals surface area contributed by atoms with E-state index in [2.05, 4.69) is 0 Å². The zero-order valence-electron chi connectivity index (χ0n) is 12.2. The summed E-state index contributed by atoms with van der Waals surface area (Å²) in [5.41, 5.74) is 1.03. The number of benzene rings is 1. The van der Waals surface area contributed by atoms with Gasteiger partial charge in [-0.3, -0.25) is 0 Å². The summed E-state index contributed by atoms with van der Waals surface area (Å²) in [4.78, 5) is 0. The number of epoxide rings is 1. The minimum atomic E-state index is -3.24. The standard InChI is InChI=1S/C16H21NO3S/c1-17(10-11-5-3-2-4-6-11)21(18,19)14-9-12-7-8-13(14)16-15(12)20-16/h2-6,12-16H,7-10H2,1H3/t12-,13+,14-,15-,16+/m1/s1. The van der Waals surface area contributed by atoms with Crippen molar-refractivity contribution >= 4 is 10.0 Å². The summed E-state index contributed by atoms with van der Waals surface area (Å²) in [6, 6.07) is 9.78. The van der Waals surface area contributed by atoms with Crippen LogP contribution in [0.15, 0.2) is 30.3 Å². The fourth-order valence-corrected chi connectivity index (χ4v) is 6.24. The van der Waals surface area contributed by atoms with Gasteiger partial charge in [-0.05, 0) is 30.7 Å². The number of sulfonamides is 1. The first-order valence-corrected chi connectivity index (χ1v) is 9.22. The van der Waals surface area contributed by atoms with Gasteiger partial charge >= 0.3 is 0 Å². The summed E-state index contributed by atoms with van der Waals surface area (Å²) >= 11 is 0. The van der Waals surface area contributed by atoms with Crippen molar-refractivity contribution in [3.63, 3.8) is 0 Å². The molecular formula is C16H21NO3S. The molecule has 21 heavy (non-hydrogen) atoms. The summed E-state index contributed by atoms with van der Waals surface area (Å²) in [6.45, 7) is 0.450. The number of fused-ring (bicyclic) bond motifs is 2. The normalized spacial score (nSPS) is 37.5. The average molecular weight is 307 g/mol. The van der Waals surface area contributed by atoms with Gasteiger partial charge in [-0.1, -0.05) is 30.3 Å². The van der Waals surface area contributed by atoms with Gasteiger partial charge in [0.05, 0.1) is 17.5 Å². The van der Waals surface area contributed by atoms with Crippen molar-refractivity contribution in [2.75, 3.05) is 7.05 Å². The number of rotatable bonds is 4. The van der Waals surface area contributed by atoms with E-state index in [0.717, 1.165) is 24.8 Å². The molecule has 1 saturated heterocycles. The molecule has 0 N–H and O–H groups in total. The van der Waals surface area contributed by atoms with Crippen LogP contribution in [0.3, 0.4) is 0 Å². The van der Waals surface area contributed by atoms with Gasteiger partial charge in [-0.2, -0.15) is 0 Å². The molecule has 0 unspecified atom stereocenters. The largest absolute Gasteiger partial charge is 0.369 e. The Bertz CT molecular complexity index is 630. The van der Waals surface area contributed by atoms with Gasteiger partial charge in [0.2, 0.25) is 10.0 Å². The molecule has 3 aliphatic carbocycles. The molecule has 5 rings (SSSR count). The molecule has 1 heterocycles. The number of nitrogens with zero attached hydrogens (tertiary/aromatic N) is 1. The second kappa shape index (κ2) is 4.80. The summed E-state index contributed by atoms with van der Waals surface area (Å²) < 4.78 is 33.1. The summed E-state index contributed by atoms with van der Waals surface area (Å²) in [5.74, 6) is 0.674. The van der Waals surface area contributed by atoms with Crippen LogP contribution >= 0.6 is 0 Å². The molecule has 1 aromatic rings. The van der Waals surface area contributed by atoms with E-state index < -0.39 is 10.0 Å². The second-order valence-electron chi connectivity index (χ2n) is 6.63. The molecular weight excluding hydrogens is 286 g/mol. The van der Waals surface area contributed by atoms with Crippen LogP contribution in [0.5, 0.6) is 0 Å². The lowest BCUT2D eigenvalue weighted by Gasteiger charge is -2.40. The van der Waals surface area contributed by atoms with Crippen LogP contribution in [0.25, 0.3) is 0 Å². The van der Waals surface area contributed by atoms with E-state index in [4.69, 9.17) is 4.74 Å². The monoisotopic (exact) mass is 307 g/mol. The third kappa shape index (κ3) is 2.22. The lowest BCUT2D eigenvalue weighted by atomic mass is 9.70. The van der Waals surface area contributed by atoms with E-state index >= 15 is 0 Å². The predicted octanol–water partition coefficient (Wildman–Crippen LogP) is 2.01. The quantitative estimate of drug-likeness (QED) is 0.800. The Balaban J connectivity index is 1.53. The van der Waals surface area contributed by atoms with Crippen molar-refractivity contribution in [2.24, 2.45) is 11.8 Å². The molecule has 2 bridgehead atoms. The van der Waals surface area contributed by atoms with Crippen LogP contribution in [0.4, 0.5) is 0 Å². The third-order valence-electron chi connectivity index (χ3n) is 5.40. The van der Waals surface area contributed by atoms with Gasteiger partial charge in [0, 0.05) is 19.5 Å². The van der Waals surface area contributed by atoms with Gasteiger partial charge in [0.25, 0.3) is 0 Å². The van der Waals surface area contributed by atoms with Gasteiger partial charge in [0.15, 0.2) is 0 Å². The van der Waals surface area contributed by atoms with Crippen LogP contribution in [-0.2, 0) is 21.3 Å². The van der Waals surface area contributed by atoms with Gasteiger partial charge in [0.1, 0.15) is 0 Å². The highest BCUT2D eigenvalue weighted by atomic mass is 32.2. The molecule has 0 radical (unpaired) electrons. The number of ether oxygens (including phenoxy) is 1. The first-order valence-electron chi connectivity index (χ1n) is 7.72. The SMILES string of the molecule is CN(Cc1ccccc1)S(=O)(=O)[C@@H]1C[C@H]2CC[C@@H]1[C@@H]1O[C@H]21. The molecule has 1 aliphatic heterocycles. The van der Waals surface area contributed by atoms with Crippen molar-refractivity contribution < 1.29 is 13.2 Å². The fraction of sp³-hybridized carbons (Fsp3) is 0.625. The van der Waals surface area contributed by atoms with E-state index in [-0.39, 0.29) is 17.3 Å². The van der Waals surface area contributed by atoms with Crippen LogP contribution in [0.2, 0.25) is 0 Å². The van der Waals surface area contributed by atoms with Gasteiger partial charge < -0.3 is 4.74 Å². The Kier molecular flexibility index (Phi) is 3.14. The highest BCUT2D eigenvalue weighted by Crippen LogP contribution is 2.54. The molecule has 0 aromatic heterocycles. The highest BCUT2D eigenvalue weighted by molar-refractivity contribution is 7.89. The van der Waals surface area contributed by atoms with E-state index in [9.17, 15) is 8.42 Å². The van der Waals surface area contributed by atoms with E-state index in [1.807, 2.05) is 30.3 Å². The maximum absolute atomic E-state index is 12.9. The highest BCUT2D eigenvalue weighted by Gasteiger charge is 2.62. The van der Waals surface area contributed by atoms with E-state index in [1.165, 1.54) is 4.31 Å². The zero-order valence-corrected chi connectivity index (χ0v) is 13.0. The second-order valence-corrected chi connectivity index (χ2v) is 8.89.